The summed E-state index contributed by atoms with van der Waals surface area (Å²) >= 11 is 2.29. The van der Waals surface area contributed by atoms with Crippen molar-refractivity contribution < 1.29 is 4.79 Å². The molecule has 0 saturated carbocycles. The Labute approximate surface area is 115 Å². The topological polar surface area (TPSA) is 17.1 Å². The Bertz CT molecular complexity index is 532. The standard InChI is InChI=1S/C15H13IO/c1-2-14(17)12-9-6-10-13(16)15(12)11-7-4-3-5-8-11/h3-10H,2H2,1H3. The lowest BCUT2D eigenvalue weighted by Crippen LogP contribution is -2.01. The fourth-order valence-electron chi connectivity index (χ4n) is 1.85. The molecule has 0 bridgehead atoms. The highest BCUT2D eigenvalue weighted by Gasteiger charge is 2.13. The molecule has 2 aromatic carbocycles. The van der Waals surface area contributed by atoms with E-state index in [0.717, 1.165) is 20.3 Å². The summed E-state index contributed by atoms with van der Waals surface area (Å²) in [5.41, 5.74) is 2.99. The molecular formula is C15H13IO. The number of carbonyl (C=O) groups is 1. The second-order valence-corrected chi connectivity index (χ2v) is 4.97. The van der Waals surface area contributed by atoms with Crippen LogP contribution in [0.2, 0.25) is 0 Å². The monoisotopic (exact) mass is 336 g/mol. The normalized spacial score (nSPS) is 10.2. The maximum atomic E-state index is 12.0. The number of halogens is 1. The van der Waals surface area contributed by atoms with Gasteiger partial charge in [-0.15, -0.1) is 0 Å². The highest BCUT2D eigenvalue weighted by atomic mass is 127. The molecule has 0 unspecified atom stereocenters. The number of hydrogen-bond donors (Lipinski definition) is 0. The van der Waals surface area contributed by atoms with Crippen molar-refractivity contribution in [3.8, 4) is 11.1 Å². The molecule has 0 spiro atoms. The molecule has 86 valence electrons. The molecule has 1 nitrogen and oxygen atoms in total. The van der Waals surface area contributed by atoms with Gasteiger partial charge in [0, 0.05) is 21.1 Å². The highest BCUT2D eigenvalue weighted by Crippen LogP contribution is 2.29. The van der Waals surface area contributed by atoms with Gasteiger partial charge in [-0.05, 0) is 34.2 Å². The van der Waals surface area contributed by atoms with Crippen LogP contribution in [0.1, 0.15) is 23.7 Å². The van der Waals surface area contributed by atoms with Crippen molar-refractivity contribution in [1.82, 2.24) is 0 Å². The molecule has 0 fully saturated rings. The van der Waals surface area contributed by atoms with Crippen LogP contribution < -0.4 is 0 Å². The highest BCUT2D eigenvalue weighted by molar-refractivity contribution is 14.1. The summed E-state index contributed by atoms with van der Waals surface area (Å²) < 4.78 is 1.12. The van der Waals surface area contributed by atoms with E-state index >= 15 is 0 Å². The third-order valence-electron chi connectivity index (χ3n) is 2.70. The van der Waals surface area contributed by atoms with E-state index in [4.69, 9.17) is 0 Å². The minimum atomic E-state index is 0.197. The Morgan fingerprint density at radius 1 is 1.06 bits per heavy atom. The van der Waals surface area contributed by atoms with Gasteiger partial charge in [-0.25, -0.2) is 0 Å². The minimum absolute atomic E-state index is 0.197. The predicted molar refractivity (Wildman–Crippen MR) is 79.2 cm³/mol. The fourth-order valence-corrected chi connectivity index (χ4v) is 2.65. The van der Waals surface area contributed by atoms with Crippen LogP contribution in [0.15, 0.2) is 48.5 Å². The molecule has 17 heavy (non-hydrogen) atoms. The summed E-state index contributed by atoms with van der Waals surface area (Å²) in [6.07, 6.45) is 0.542. The molecule has 0 amide bonds. The molecule has 2 rings (SSSR count). The Kier molecular flexibility index (Phi) is 3.94. The quantitative estimate of drug-likeness (QED) is 0.594. The van der Waals surface area contributed by atoms with Gasteiger partial charge in [0.25, 0.3) is 0 Å². The van der Waals surface area contributed by atoms with Crippen LogP contribution in [0.4, 0.5) is 0 Å². The van der Waals surface area contributed by atoms with E-state index in [-0.39, 0.29) is 5.78 Å². The van der Waals surface area contributed by atoms with Crippen molar-refractivity contribution in [2.75, 3.05) is 0 Å². The van der Waals surface area contributed by atoms with Crippen molar-refractivity contribution in [2.45, 2.75) is 13.3 Å². The first-order chi connectivity index (χ1) is 8.24. The zero-order chi connectivity index (χ0) is 12.3. The van der Waals surface area contributed by atoms with E-state index < -0.39 is 0 Å². The van der Waals surface area contributed by atoms with E-state index in [0.29, 0.717) is 6.42 Å². The lowest BCUT2D eigenvalue weighted by molar-refractivity contribution is 0.0988. The van der Waals surface area contributed by atoms with Crippen LogP contribution in [0, 0.1) is 3.57 Å². The summed E-state index contributed by atoms with van der Waals surface area (Å²) in [6.45, 7) is 1.90. The van der Waals surface area contributed by atoms with Gasteiger partial charge in [-0.3, -0.25) is 4.79 Å². The van der Waals surface area contributed by atoms with Crippen LogP contribution >= 0.6 is 22.6 Å². The van der Waals surface area contributed by atoms with Gasteiger partial charge in [0.05, 0.1) is 0 Å². The third kappa shape index (κ3) is 2.57. The second-order valence-electron chi connectivity index (χ2n) is 3.81. The number of carbonyl (C=O) groups excluding carboxylic acids is 1. The van der Waals surface area contributed by atoms with Crippen LogP contribution in [-0.2, 0) is 0 Å². The Morgan fingerprint density at radius 2 is 1.76 bits per heavy atom. The van der Waals surface area contributed by atoms with Crippen molar-refractivity contribution in [2.24, 2.45) is 0 Å². The summed E-state index contributed by atoms with van der Waals surface area (Å²) in [6, 6.07) is 16.0. The van der Waals surface area contributed by atoms with Crippen LogP contribution in [0.5, 0.6) is 0 Å². The zero-order valence-electron chi connectivity index (χ0n) is 9.61. The fraction of sp³-hybridized carbons (Fsp3) is 0.133. The molecule has 0 aliphatic heterocycles. The van der Waals surface area contributed by atoms with Gasteiger partial charge in [-0.1, -0.05) is 49.4 Å². The predicted octanol–water partition coefficient (Wildman–Crippen LogP) is 4.55. The molecule has 0 aliphatic rings. The number of Topliss-reactive ketones (excluding diaryl/α,β-unsaturated/α-hetero) is 1. The molecular weight excluding hydrogens is 323 g/mol. The van der Waals surface area contributed by atoms with E-state index in [1.54, 1.807) is 0 Å². The largest absolute Gasteiger partial charge is 0.294 e. The number of benzene rings is 2. The molecule has 0 N–H and O–H groups in total. The molecule has 2 heteroatoms. The van der Waals surface area contributed by atoms with Gasteiger partial charge in [0.1, 0.15) is 0 Å². The molecule has 0 aromatic heterocycles. The lowest BCUT2D eigenvalue weighted by Gasteiger charge is -2.10. The van der Waals surface area contributed by atoms with Gasteiger partial charge in [0.15, 0.2) is 5.78 Å². The second kappa shape index (κ2) is 5.45. The molecule has 0 radical (unpaired) electrons. The first-order valence-corrected chi connectivity index (χ1v) is 6.69. The average molecular weight is 336 g/mol. The summed E-state index contributed by atoms with van der Waals surface area (Å²) in [4.78, 5) is 12.0. The van der Waals surface area contributed by atoms with Gasteiger partial charge >= 0.3 is 0 Å². The summed E-state index contributed by atoms with van der Waals surface area (Å²) in [5, 5.41) is 0. The van der Waals surface area contributed by atoms with Crippen LogP contribution in [0.3, 0.4) is 0 Å². The van der Waals surface area contributed by atoms with Crippen molar-refractivity contribution in [1.29, 1.82) is 0 Å². The molecule has 0 atom stereocenters. The lowest BCUT2D eigenvalue weighted by atomic mass is 9.96. The van der Waals surface area contributed by atoms with E-state index in [1.807, 2.05) is 55.5 Å². The van der Waals surface area contributed by atoms with Crippen LogP contribution in [-0.4, -0.2) is 5.78 Å². The van der Waals surface area contributed by atoms with E-state index in [9.17, 15) is 4.79 Å². The maximum Gasteiger partial charge on any atom is 0.163 e. The molecule has 0 heterocycles. The maximum absolute atomic E-state index is 12.0. The minimum Gasteiger partial charge on any atom is -0.294 e. The Hall–Kier alpha value is -1.16. The number of hydrogen-bond acceptors (Lipinski definition) is 1. The third-order valence-corrected chi connectivity index (χ3v) is 3.60. The zero-order valence-corrected chi connectivity index (χ0v) is 11.8. The van der Waals surface area contributed by atoms with E-state index in [2.05, 4.69) is 22.6 Å². The number of ketones is 1. The first-order valence-electron chi connectivity index (χ1n) is 5.61. The SMILES string of the molecule is CCC(=O)c1cccc(I)c1-c1ccccc1. The molecule has 0 saturated heterocycles. The van der Waals surface area contributed by atoms with Crippen LogP contribution in [0.25, 0.3) is 11.1 Å². The Morgan fingerprint density at radius 3 is 2.41 bits per heavy atom. The average Bonchev–Trinajstić information content (AvgIpc) is 2.38. The van der Waals surface area contributed by atoms with Gasteiger partial charge in [0.2, 0.25) is 0 Å². The first kappa shape index (κ1) is 12.3. The Balaban J connectivity index is 2.64. The molecule has 2 aromatic rings. The van der Waals surface area contributed by atoms with Crippen molar-refractivity contribution in [3.05, 3.63) is 57.7 Å². The number of rotatable bonds is 3. The summed E-state index contributed by atoms with van der Waals surface area (Å²) in [5.74, 6) is 0.197. The molecule has 0 aliphatic carbocycles. The van der Waals surface area contributed by atoms with Gasteiger partial charge in [-0.2, -0.15) is 0 Å². The van der Waals surface area contributed by atoms with Crippen molar-refractivity contribution in [3.63, 3.8) is 0 Å². The van der Waals surface area contributed by atoms with Crippen molar-refractivity contribution >= 4 is 28.4 Å². The smallest absolute Gasteiger partial charge is 0.163 e. The van der Waals surface area contributed by atoms with Gasteiger partial charge < -0.3 is 0 Å². The summed E-state index contributed by atoms with van der Waals surface area (Å²) in [7, 11) is 0. The van der Waals surface area contributed by atoms with E-state index in [1.165, 1.54) is 0 Å².